The number of aliphatic carboxylic acids is 1. The molecule has 1 aliphatic rings. The summed E-state index contributed by atoms with van der Waals surface area (Å²) in [6.45, 7) is 3.92. The second-order valence-electron chi connectivity index (χ2n) is 7.30. The molecule has 0 spiro atoms. The Morgan fingerprint density at radius 3 is 2.59 bits per heavy atom. The molecule has 4 rings (SSSR count). The summed E-state index contributed by atoms with van der Waals surface area (Å²) in [6.07, 6.45) is 4.35. The van der Waals surface area contributed by atoms with Crippen LogP contribution in [0.3, 0.4) is 0 Å². The molecule has 29 heavy (non-hydrogen) atoms. The minimum Gasteiger partial charge on any atom is -0.481 e. The van der Waals surface area contributed by atoms with Crippen molar-refractivity contribution in [3.8, 4) is 11.1 Å². The van der Waals surface area contributed by atoms with Crippen LogP contribution in [0.25, 0.3) is 22.9 Å². The smallest absolute Gasteiger partial charge is 0.303 e. The largest absolute Gasteiger partial charge is 0.481 e. The minimum atomic E-state index is -0.812. The number of carboxylic acid groups (broad SMARTS) is 1. The van der Waals surface area contributed by atoms with Gasteiger partial charge in [-0.25, -0.2) is 0 Å². The summed E-state index contributed by atoms with van der Waals surface area (Å²) in [6, 6.07) is 16.0. The lowest BCUT2D eigenvalue weighted by Crippen LogP contribution is -2.05. The SMILES string of the molecule is Cc1cn(C=C2C(=O)Nc3cc(-c4ccccc4)ccc32)c(C)c1CCC(=O)O. The second-order valence-corrected chi connectivity index (χ2v) is 7.30. The van der Waals surface area contributed by atoms with Crippen LogP contribution in [-0.2, 0) is 16.0 Å². The quantitative estimate of drug-likeness (QED) is 0.622. The van der Waals surface area contributed by atoms with Gasteiger partial charge in [0.15, 0.2) is 0 Å². The lowest BCUT2D eigenvalue weighted by Gasteiger charge is -2.06. The Morgan fingerprint density at radius 2 is 1.86 bits per heavy atom. The van der Waals surface area contributed by atoms with Crippen LogP contribution in [-0.4, -0.2) is 21.6 Å². The van der Waals surface area contributed by atoms with Crippen LogP contribution >= 0.6 is 0 Å². The molecule has 0 saturated carbocycles. The molecule has 0 bridgehead atoms. The van der Waals surface area contributed by atoms with Crippen LogP contribution in [0.1, 0.15) is 28.8 Å². The fourth-order valence-electron chi connectivity index (χ4n) is 3.84. The maximum atomic E-state index is 12.6. The summed E-state index contributed by atoms with van der Waals surface area (Å²) in [7, 11) is 0. The van der Waals surface area contributed by atoms with E-state index in [-0.39, 0.29) is 12.3 Å². The number of aromatic nitrogens is 1. The predicted molar refractivity (Wildman–Crippen MR) is 115 cm³/mol. The number of benzene rings is 2. The first-order chi connectivity index (χ1) is 13.9. The van der Waals surface area contributed by atoms with E-state index in [0.717, 1.165) is 39.2 Å². The summed E-state index contributed by atoms with van der Waals surface area (Å²) >= 11 is 0. The van der Waals surface area contributed by atoms with Gasteiger partial charge in [0.1, 0.15) is 0 Å². The summed E-state index contributed by atoms with van der Waals surface area (Å²) in [5.41, 5.74) is 7.42. The Balaban J connectivity index is 1.69. The Kier molecular flexibility index (Phi) is 4.80. The first-order valence-corrected chi connectivity index (χ1v) is 9.56. The standard InChI is InChI=1S/C24H22N2O3/c1-15-13-26(16(2)19(15)10-11-23(27)28)14-21-20-9-8-18(12-22(20)25-24(21)29)17-6-4-3-5-7-17/h3-9,12-14H,10-11H2,1-2H3,(H,25,29)(H,27,28). The third kappa shape index (κ3) is 3.59. The number of hydrogen-bond acceptors (Lipinski definition) is 2. The number of amides is 1. The zero-order chi connectivity index (χ0) is 20.5. The van der Waals surface area contributed by atoms with E-state index in [0.29, 0.717) is 12.0 Å². The third-order valence-electron chi connectivity index (χ3n) is 5.40. The van der Waals surface area contributed by atoms with Gasteiger partial charge in [-0.1, -0.05) is 42.5 Å². The Bertz CT molecular complexity index is 1140. The van der Waals surface area contributed by atoms with Crippen molar-refractivity contribution < 1.29 is 14.7 Å². The Hall–Kier alpha value is -3.60. The molecule has 146 valence electrons. The Morgan fingerprint density at radius 1 is 1.10 bits per heavy atom. The summed E-state index contributed by atoms with van der Waals surface area (Å²) < 4.78 is 1.92. The van der Waals surface area contributed by atoms with Gasteiger partial charge in [-0.05, 0) is 48.6 Å². The van der Waals surface area contributed by atoms with E-state index in [1.807, 2.05) is 79.3 Å². The van der Waals surface area contributed by atoms with E-state index in [2.05, 4.69) is 5.32 Å². The molecule has 2 aromatic carbocycles. The molecule has 3 aromatic rings. The number of nitrogens with zero attached hydrogens (tertiary/aromatic N) is 1. The average molecular weight is 386 g/mol. The maximum Gasteiger partial charge on any atom is 0.303 e. The number of carbonyl (C=O) groups is 2. The highest BCUT2D eigenvalue weighted by Gasteiger charge is 2.25. The van der Waals surface area contributed by atoms with Crippen LogP contribution in [0, 0.1) is 13.8 Å². The number of rotatable bonds is 5. The third-order valence-corrected chi connectivity index (χ3v) is 5.40. The lowest BCUT2D eigenvalue weighted by molar-refractivity contribution is -0.137. The van der Waals surface area contributed by atoms with Crippen molar-refractivity contribution in [2.24, 2.45) is 0 Å². The summed E-state index contributed by atoms with van der Waals surface area (Å²) in [4.78, 5) is 23.6. The van der Waals surface area contributed by atoms with Gasteiger partial charge in [-0.3, -0.25) is 9.59 Å². The number of anilines is 1. The molecule has 5 heteroatoms. The molecule has 1 aliphatic heterocycles. The van der Waals surface area contributed by atoms with Crippen molar-refractivity contribution in [1.82, 2.24) is 4.57 Å². The van der Waals surface area contributed by atoms with Crippen LogP contribution in [0.4, 0.5) is 5.69 Å². The highest BCUT2D eigenvalue weighted by Crippen LogP contribution is 2.36. The van der Waals surface area contributed by atoms with Gasteiger partial charge < -0.3 is 15.0 Å². The van der Waals surface area contributed by atoms with Gasteiger partial charge in [0.2, 0.25) is 0 Å². The van der Waals surface area contributed by atoms with Gasteiger partial charge in [0.05, 0.1) is 5.57 Å². The first kappa shape index (κ1) is 18.7. The fraction of sp³-hybridized carbons (Fsp3) is 0.167. The number of carboxylic acids is 1. The topological polar surface area (TPSA) is 71.3 Å². The number of aryl methyl sites for hydroxylation is 1. The molecule has 0 fully saturated rings. The van der Waals surface area contributed by atoms with Crippen LogP contribution in [0.5, 0.6) is 0 Å². The van der Waals surface area contributed by atoms with Crippen LogP contribution in [0.2, 0.25) is 0 Å². The normalized spacial score (nSPS) is 14.1. The van der Waals surface area contributed by atoms with E-state index in [1.165, 1.54) is 0 Å². The van der Waals surface area contributed by atoms with Crippen molar-refractivity contribution in [3.63, 3.8) is 0 Å². The van der Waals surface area contributed by atoms with E-state index < -0.39 is 5.97 Å². The summed E-state index contributed by atoms with van der Waals surface area (Å²) in [5.74, 6) is -0.948. The zero-order valence-corrected chi connectivity index (χ0v) is 16.4. The molecule has 2 N–H and O–H groups in total. The van der Waals surface area contributed by atoms with Crippen molar-refractivity contribution in [1.29, 1.82) is 0 Å². The number of carbonyl (C=O) groups excluding carboxylic acids is 1. The average Bonchev–Trinajstić information content (AvgIpc) is 3.16. The van der Waals surface area contributed by atoms with Gasteiger partial charge in [-0.2, -0.15) is 0 Å². The van der Waals surface area contributed by atoms with E-state index in [1.54, 1.807) is 0 Å². The van der Waals surface area contributed by atoms with Crippen molar-refractivity contribution in [2.45, 2.75) is 26.7 Å². The van der Waals surface area contributed by atoms with Crippen LogP contribution in [0.15, 0.2) is 54.7 Å². The zero-order valence-electron chi connectivity index (χ0n) is 16.4. The van der Waals surface area contributed by atoms with Crippen molar-refractivity contribution in [3.05, 3.63) is 77.1 Å². The van der Waals surface area contributed by atoms with Crippen molar-refractivity contribution >= 4 is 29.3 Å². The molecule has 0 aliphatic carbocycles. The molecular weight excluding hydrogens is 364 g/mol. The minimum absolute atomic E-state index is 0.0911. The molecule has 0 radical (unpaired) electrons. The van der Waals surface area contributed by atoms with E-state index in [4.69, 9.17) is 5.11 Å². The maximum absolute atomic E-state index is 12.6. The molecule has 1 aromatic heterocycles. The predicted octanol–water partition coefficient (Wildman–Crippen LogP) is 4.74. The second kappa shape index (κ2) is 7.43. The number of hydrogen-bond donors (Lipinski definition) is 2. The molecule has 0 atom stereocenters. The monoisotopic (exact) mass is 386 g/mol. The summed E-state index contributed by atoms with van der Waals surface area (Å²) in [5, 5.41) is 11.9. The molecule has 0 saturated heterocycles. The fourth-order valence-corrected chi connectivity index (χ4v) is 3.84. The first-order valence-electron chi connectivity index (χ1n) is 9.56. The molecular formula is C24H22N2O3. The van der Waals surface area contributed by atoms with E-state index in [9.17, 15) is 9.59 Å². The van der Waals surface area contributed by atoms with E-state index >= 15 is 0 Å². The van der Waals surface area contributed by atoms with Gasteiger partial charge in [0.25, 0.3) is 5.91 Å². The number of fused-ring (bicyclic) bond motifs is 1. The van der Waals surface area contributed by atoms with Crippen LogP contribution < -0.4 is 5.32 Å². The highest BCUT2D eigenvalue weighted by molar-refractivity contribution is 6.34. The van der Waals surface area contributed by atoms with Gasteiger partial charge in [0, 0.05) is 35.8 Å². The van der Waals surface area contributed by atoms with Crippen molar-refractivity contribution in [2.75, 3.05) is 5.32 Å². The number of nitrogens with one attached hydrogen (secondary N) is 1. The molecule has 0 unspecified atom stereocenters. The van der Waals surface area contributed by atoms with Gasteiger partial charge >= 0.3 is 5.97 Å². The Labute approximate surface area is 169 Å². The molecule has 2 heterocycles. The molecule has 1 amide bonds. The highest BCUT2D eigenvalue weighted by atomic mass is 16.4. The van der Waals surface area contributed by atoms with Gasteiger partial charge in [-0.15, -0.1) is 0 Å². The lowest BCUT2D eigenvalue weighted by atomic mass is 10.0. The molecule has 5 nitrogen and oxygen atoms in total.